The Morgan fingerprint density at radius 3 is 1.64 bits per heavy atom. The lowest BCUT2D eigenvalue weighted by molar-refractivity contribution is -0.143. The molecule has 11 heavy (non-hydrogen) atoms. The van der Waals surface area contributed by atoms with Gasteiger partial charge in [0.1, 0.15) is 6.10 Å². The Hall–Kier alpha value is -0.980. The fraction of sp³-hybridized carbons (Fsp3) is 0.600. The third-order valence-corrected chi connectivity index (χ3v) is 0.522. The van der Waals surface area contributed by atoms with E-state index < -0.39 is 12.1 Å². The average molecular weight is 166 g/mol. The number of hydrogen-bond acceptors (Lipinski definition) is 5. The minimum atomic E-state index is -1.43. The van der Waals surface area contributed by atoms with Crippen molar-refractivity contribution < 1.29 is 30.0 Å². The van der Waals surface area contributed by atoms with E-state index in [1.165, 1.54) is 0 Å². The highest BCUT2D eigenvalue weighted by molar-refractivity contribution is 6.19. The molecule has 66 valence electrons. The van der Waals surface area contributed by atoms with Crippen molar-refractivity contribution in [1.82, 2.24) is 0 Å². The smallest absolute Gasteiger partial charge is 0.368 e. The Balaban J connectivity index is 0. The van der Waals surface area contributed by atoms with Gasteiger partial charge in [0, 0.05) is 0 Å². The van der Waals surface area contributed by atoms with Gasteiger partial charge < -0.3 is 20.4 Å². The van der Waals surface area contributed by atoms with Gasteiger partial charge in [-0.05, 0) is 0 Å². The highest BCUT2D eigenvalue weighted by Gasteiger charge is 1.93. The van der Waals surface area contributed by atoms with Crippen LogP contribution in [0, 0.1) is 0 Å². The summed E-state index contributed by atoms with van der Waals surface area (Å²) in [6.07, 6.45) is -1.12. The zero-order chi connectivity index (χ0) is 9.28. The predicted octanol–water partition coefficient (Wildman–Crippen LogP) is -2.40. The van der Waals surface area contributed by atoms with E-state index >= 15 is 0 Å². The molecule has 0 rings (SSSR count). The SMILES string of the molecule is O=CC(=O)O.OCC(O)CO. The standard InChI is InChI=1S/C3H8O3.C2H2O3/c4-1-3(6)2-5;3-1-2(4)5/h3-6H,1-2H2;1H,(H,4,5). The molecule has 0 aromatic carbocycles. The van der Waals surface area contributed by atoms with Gasteiger partial charge in [0.15, 0.2) is 0 Å². The van der Waals surface area contributed by atoms with Crippen LogP contribution in [0.25, 0.3) is 0 Å². The van der Waals surface area contributed by atoms with E-state index in [1.807, 2.05) is 0 Å². The van der Waals surface area contributed by atoms with Crippen LogP contribution in [0.1, 0.15) is 0 Å². The Morgan fingerprint density at radius 1 is 1.36 bits per heavy atom. The monoisotopic (exact) mass is 166 g/mol. The van der Waals surface area contributed by atoms with E-state index in [4.69, 9.17) is 30.0 Å². The summed E-state index contributed by atoms with van der Waals surface area (Å²) in [4.78, 5) is 17.9. The van der Waals surface area contributed by atoms with Crippen molar-refractivity contribution >= 4 is 12.3 Å². The van der Waals surface area contributed by atoms with Crippen LogP contribution in [0.5, 0.6) is 0 Å². The minimum Gasteiger partial charge on any atom is -0.476 e. The van der Waals surface area contributed by atoms with Crippen LogP contribution in [-0.4, -0.2) is 52.0 Å². The maximum absolute atomic E-state index is 9.00. The van der Waals surface area contributed by atoms with Crippen LogP contribution < -0.4 is 0 Å². The number of aliphatic hydroxyl groups excluding tert-OH is 3. The van der Waals surface area contributed by atoms with E-state index in [-0.39, 0.29) is 19.5 Å². The molecule has 0 saturated carbocycles. The number of carbonyl (C=O) groups excluding carboxylic acids is 1. The van der Waals surface area contributed by atoms with Gasteiger partial charge in [-0.3, -0.25) is 4.79 Å². The fourth-order valence-corrected chi connectivity index (χ4v) is 0.0577. The van der Waals surface area contributed by atoms with Crippen LogP contribution in [0.3, 0.4) is 0 Å². The van der Waals surface area contributed by atoms with Crippen molar-refractivity contribution in [3.05, 3.63) is 0 Å². The number of carboxylic acids is 1. The molecule has 0 unspecified atom stereocenters. The van der Waals surface area contributed by atoms with E-state index in [1.54, 1.807) is 0 Å². The molecular formula is C5H10O6. The number of carboxylic acid groups (broad SMARTS) is 1. The summed E-state index contributed by atoms with van der Waals surface area (Å²) in [5, 5.41) is 31.4. The third kappa shape index (κ3) is 17.6. The average Bonchev–Trinajstić information content (AvgIpc) is 2.04. The Morgan fingerprint density at radius 2 is 1.64 bits per heavy atom. The normalized spacial score (nSPS) is 8.36. The van der Waals surface area contributed by atoms with E-state index in [0.717, 1.165) is 0 Å². The summed E-state index contributed by atoms with van der Waals surface area (Å²) >= 11 is 0. The molecule has 0 saturated heterocycles. The summed E-state index contributed by atoms with van der Waals surface area (Å²) in [7, 11) is 0. The topological polar surface area (TPSA) is 115 Å². The number of aldehydes is 1. The maximum Gasteiger partial charge on any atom is 0.368 e. The van der Waals surface area contributed by atoms with Crippen molar-refractivity contribution in [2.24, 2.45) is 0 Å². The molecule has 0 heterocycles. The first-order chi connectivity index (χ1) is 5.08. The van der Waals surface area contributed by atoms with Gasteiger partial charge in [-0.2, -0.15) is 0 Å². The molecule has 6 nitrogen and oxygen atoms in total. The second-order valence-corrected chi connectivity index (χ2v) is 1.48. The number of aliphatic hydroxyl groups is 3. The first-order valence-electron chi connectivity index (χ1n) is 2.66. The highest BCUT2D eigenvalue weighted by atomic mass is 16.4. The Labute approximate surface area is 62.7 Å². The molecule has 0 radical (unpaired) electrons. The quantitative estimate of drug-likeness (QED) is 0.274. The molecule has 4 N–H and O–H groups in total. The fourth-order valence-electron chi connectivity index (χ4n) is 0.0577. The molecule has 0 fully saturated rings. The number of rotatable bonds is 3. The molecule has 6 heteroatoms. The third-order valence-electron chi connectivity index (χ3n) is 0.522. The van der Waals surface area contributed by atoms with Crippen LogP contribution in [0.2, 0.25) is 0 Å². The van der Waals surface area contributed by atoms with E-state index in [9.17, 15) is 0 Å². The van der Waals surface area contributed by atoms with Crippen LogP contribution in [-0.2, 0) is 9.59 Å². The molecule has 0 spiro atoms. The second kappa shape index (κ2) is 9.02. The molecule has 0 aliphatic carbocycles. The molecule has 0 atom stereocenters. The maximum atomic E-state index is 9.00. The summed E-state index contributed by atoms with van der Waals surface area (Å²) in [6.45, 7) is -0.729. The van der Waals surface area contributed by atoms with Crippen molar-refractivity contribution in [2.45, 2.75) is 6.10 Å². The van der Waals surface area contributed by atoms with Gasteiger partial charge >= 0.3 is 5.97 Å². The van der Waals surface area contributed by atoms with Crippen LogP contribution in [0.15, 0.2) is 0 Å². The molecule has 0 aromatic rings. The van der Waals surface area contributed by atoms with Gasteiger partial charge in [-0.25, -0.2) is 4.79 Å². The van der Waals surface area contributed by atoms with Crippen molar-refractivity contribution in [1.29, 1.82) is 0 Å². The summed E-state index contributed by atoms with van der Waals surface area (Å²) < 4.78 is 0. The summed E-state index contributed by atoms with van der Waals surface area (Å²) in [5.74, 6) is -1.43. The lowest BCUT2D eigenvalue weighted by Gasteiger charge is -1.96. The molecule has 0 aliphatic heterocycles. The Kier molecular flexibility index (Phi) is 10.4. The van der Waals surface area contributed by atoms with Gasteiger partial charge in [-0.15, -0.1) is 0 Å². The molecular weight excluding hydrogens is 156 g/mol. The number of carbonyl (C=O) groups is 2. The highest BCUT2D eigenvalue weighted by Crippen LogP contribution is 1.71. The molecule has 0 amide bonds. The zero-order valence-electron chi connectivity index (χ0n) is 5.67. The molecule has 0 aromatic heterocycles. The van der Waals surface area contributed by atoms with Gasteiger partial charge in [0.2, 0.25) is 6.29 Å². The first-order valence-corrected chi connectivity index (χ1v) is 2.66. The Bertz CT molecular complexity index is 108. The number of aliphatic carboxylic acids is 1. The van der Waals surface area contributed by atoms with E-state index in [0.29, 0.717) is 0 Å². The first kappa shape index (κ1) is 12.7. The number of hydrogen-bond donors (Lipinski definition) is 4. The summed E-state index contributed by atoms with van der Waals surface area (Å²) in [5.41, 5.74) is 0. The van der Waals surface area contributed by atoms with Gasteiger partial charge in [0.05, 0.1) is 13.2 Å². The lowest BCUT2D eigenvalue weighted by Crippen LogP contribution is -2.15. The lowest BCUT2D eigenvalue weighted by atomic mass is 10.4. The summed E-state index contributed by atoms with van der Waals surface area (Å²) in [6, 6.07) is 0. The van der Waals surface area contributed by atoms with Crippen molar-refractivity contribution in [3.63, 3.8) is 0 Å². The van der Waals surface area contributed by atoms with Crippen LogP contribution >= 0.6 is 0 Å². The largest absolute Gasteiger partial charge is 0.476 e. The molecule has 0 aliphatic rings. The minimum absolute atomic E-state index is 0.167. The second-order valence-electron chi connectivity index (χ2n) is 1.48. The van der Waals surface area contributed by atoms with E-state index in [2.05, 4.69) is 0 Å². The predicted molar refractivity (Wildman–Crippen MR) is 33.9 cm³/mol. The van der Waals surface area contributed by atoms with Crippen LogP contribution in [0.4, 0.5) is 0 Å². The van der Waals surface area contributed by atoms with Crippen molar-refractivity contribution in [2.75, 3.05) is 13.2 Å². The van der Waals surface area contributed by atoms with Gasteiger partial charge in [-0.1, -0.05) is 0 Å². The molecule has 0 bridgehead atoms. The van der Waals surface area contributed by atoms with Crippen molar-refractivity contribution in [3.8, 4) is 0 Å². The zero-order valence-corrected chi connectivity index (χ0v) is 5.67. The van der Waals surface area contributed by atoms with Gasteiger partial charge in [0.25, 0.3) is 0 Å².